The molecule has 0 spiro atoms. The van der Waals surface area contributed by atoms with Gasteiger partial charge in [-0.25, -0.2) is 0 Å². The van der Waals surface area contributed by atoms with Crippen LogP contribution in [0.3, 0.4) is 0 Å². The topological polar surface area (TPSA) is 98.2 Å². The molecule has 0 atom stereocenters. The van der Waals surface area contributed by atoms with Crippen LogP contribution in [0.5, 0.6) is 0 Å². The molecule has 2 aromatic heterocycles. The number of H-pyrrole nitrogens is 1. The van der Waals surface area contributed by atoms with Gasteiger partial charge in [0.2, 0.25) is 0 Å². The maximum Gasteiger partial charge on any atom is 0.253 e. The molecule has 2 heterocycles. The summed E-state index contributed by atoms with van der Waals surface area (Å²) >= 11 is 0. The van der Waals surface area contributed by atoms with Crippen molar-refractivity contribution in [3.63, 3.8) is 0 Å². The number of benzene rings is 1. The lowest BCUT2D eigenvalue weighted by Gasteiger charge is -2.14. The van der Waals surface area contributed by atoms with Crippen molar-refractivity contribution in [2.24, 2.45) is 0 Å². The number of ether oxygens (including phenoxy) is 2. The van der Waals surface area contributed by atoms with Crippen LogP contribution >= 0.6 is 0 Å². The van der Waals surface area contributed by atoms with Crippen molar-refractivity contribution in [3.8, 4) is 0 Å². The molecule has 3 aromatic rings. The number of methoxy groups -OCH3 is 1. The lowest BCUT2D eigenvalue weighted by atomic mass is 10.0. The number of fused-ring (bicyclic) bond motifs is 1. The van der Waals surface area contributed by atoms with E-state index >= 15 is 0 Å². The van der Waals surface area contributed by atoms with Gasteiger partial charge in [0.25, 0.3) is 11.5 Å². The van der Waals surface area contributed by atoms with Gasteiger partial charge in [-0.1, -0.05) is 12.8 Å². The summed E-state index contributed by atoms with van der Waals surface area (Å²) in [4.78, 5) is 28.4. The van der Waals surface area contributed by atoms with Crippen molar-refractivity contribution in [1.82, 2.24) is 20.1 Å². The maximum absolute atomic E-state index is 13.3. The Morgan fingerprint density at radius 1 is 1.21 bits per heavy atom. The van der Waals surface area contributed by atoms with E-state index in [-0.39, 0.29) is 18.0 Å². The van der Waals surface area contributed by atoms with Crippen LogP contribution in [0.15, 0.2) is 29.2 Å². The number of aromatic nitrogens is 3. The highest BCUT2D eigenvalue weighted by Gasteiger charge is 2.22. The fourth-order valence-corrected chi connectivity index (χ4v) is 4.61. The smallest absolute Gasteiger partial charge is 0.253 e. The number of pyridine rings is 1. The molecular formula is C25H32N4O4. The fourth-order valence-electron chi connectivity index (χ4n) is 4.61. The van der Waals surface area contributed by atoms with Crippen LogP contribution in [0.4, 0.5) is 0 Å². The number of hydrogen-bond acceptors (Lipinski definition) is 5. The Morgan fingerprint density at radius 2 is 2.00 bits per heavy atom. The van der Waals surface area contributed by atoms with Crippen LogP contribution in [0, 0.1) is 13.8 Å². The first-order valence-corrected chi connectivity index (χ1v) is 11.5. The van der Waals surface area contributed by atoms with E-state index in [0.717, 1.165) is 40.6 Å². The van der Waals surface area contributed by atoms with Crippen molar-refractivity contribution in [2.45, 2.75) is 58.7 Å². The van der Waals surface area contributed by atoms with Crippen molar-refractivity contribution in [3.05, 3.63) is 62.7 Å². The molecule has 1 fully saturated rings. The molecule has 33 heavy (non-hydrogen) atoms. The summed E-state index contributed by atoms with van der Waals surface area (Å²) in [5.74, 6) is -0.232. The first kappa shape index (κ1) is 23.2. The number of nitrogens with one attached hydrogen (secondary N) is 2. The van der Waals surface area contributed by atoms with Crippen LogP contribution < -0.4 is 10.9 Å². The van der Waals surface area contributed by atoms with Gasteiger partial charge in [0.15, 0.2) is 0 Å². The predicted molar refractivity (Wildman–Crippen MR) is 126 cm³/mol. The normalized spacial score (nSPS) is 14.3. The third-order valence-electron chi connectivity index (χ3n) is 6.31. The number of amides is 1. The van der Waals surface area contributed by atoms with Crippen molar-refractivity contribution in [1.29, 1.82) is 0 Å². The van der Waals surface area contributed by atoms with Gasteiger partial charge in [-0.3, -0.25) is 14.3 Å². The molecule has 1 aliphatic carbocycles. The van der Waals surface area contributed by atoms with Crippen molar-refractivity contribution >= 4 is 16.8 Å². The Kier molecular flexibility index (Phi) is 7.25. The first-order valence-electron chi connectivity index (χ1n) is 11.5. The molecule has 8 heteroatoms. The van der Waals surface area contributed by atoms with E-state index in [1.54, 1.807) is 13.3 Å². The SMILES string of the molecule is COCCOCc1cc(C(=O)NCc2c(C)cc(C)[nH]c2=O)c2cnn(C3CCCC3)c2c1. The summed E-state index contributed by atoms with van der Waals surface area (Å²) in [7, 11) is 1.64. The molecule has 1 amide bonds. The fraction of sp³-hybridized carbons (Fsp3) is 0.480. The van der Waals surface area contributed by atoms with Gasteiger partial charge in [-0.2, -0.15) is 5.10 Å². The summed E-state index contributed by atoms with van der Waals surface area (Å²) in [6, 6.07) is 6.19. The number of hydrogen-bond donors (Lipinski definition) is 2. The van der Waals surface area contributed by atoms with E-state index in [0.29, 0.717) is 37.0 Å². The van der Waals surface area contributed by atoms with Gasteiger partial charge in [-0.05, 0) is 56.0 Å². The summed E-state index contributed by atoms with van der Waals surface area (Å²) in [6.07, 6.45) is 6.38. The Labute approximate surface area is 193 Å². The Bertz CT molecular complexity index is 1190. The maximum atomic E-state index is 13.3. The minimum atomic E-state index is -0.232. The van der Waals surface area contributed by atoms with Gasteiger partial charge < -0.3 is 19.8 Å². The molecule has 0 aliphatic heterocycles. The minimum Gasteiger partial charge on any atom is -0.382 e. The van der Waals surface area contributed by atoms with Crippen molar-refractivity contribution in [2.75, 3.05) is 20.3 Å². The second kappa shape index (κ2) is 10.3. The zero-order valence-electron chi connectivity index (χ0n) is 19.6. The second-order valence-corrected chi connectivity index (χ2v) is 8.77. The molecule has 0 radical (unpaired) electrons. The van der Waals surface area contributed by atoms with E-state index in [1.165, 1.54) is 12.8 Å². The van der Waals surface area contributed by atoms with Crippen LogP contribution in [0.25, 0.3) is 10.9 Å². The minimum absolute atomic E-state index is 0.160. The lowest BCUT2D eigenvalue weighted by Crippen LogP contribution is -2.28. The highest BCUT2D eigenvalue weighted by atomic mass is 16.5. The molecule has 8 nitrogen and oxygen atoms in total. The number of rotatable bonds is 9. The molecular weight excluding hydrogens is 420 g/mol. The largest absolute Gasteiger partial charge is 0.382 e. The summed E-state index contributed by atoms with van der Waals surface area (Å²) in [6.45, 7) is 5.26. The zero-order chi connectivity index (χ0) is 23.4. The number of carbonyl (C=O) groups is 1. The highest BCUT2D eigenvalue weighted by Crippen LogP contribution is 2.33. The van der Waals surface area contributed by atoms with E-state index in [4.69, 9.17) is 9.47 Å². The zero-order valence-corrected chi connectivity index (χ0v) is 19.6. The first-order chi connectivity index (χ1) is 16.0. The Balaban J connectivity index is 1.63. The van der Waals surface area contributed by atoms with E-state index < -0.39 is 0 Å². The lowest BCUT2D eigenvalue weighted by molar-refractivity contribution is 0.0616. The second-order valence-electron chi connectivity index (χ2n) is 8.77. The van der Waals surface area contributed by atoms with Crippen LogP contribution in [-0.4, -0.2) is 41.0 Å². The molecule has 0 bridgehead atoms. The summed E-state index contributed by atoms with van der Waals surface area (Å²) in [5.41, 5.74) is 4.45. The molecule has 1 aliphatic rings. The predicted octanol–water partition coefficient (Wildman–Crippen LogP) is 3.55. The third-order valence-corrected chi connectivity index (χ3v) is 6.31. The molecule has 176 valence electrons. The van der Waals surface area contributed by atoms with Gasteiger partial charge >= 0.3 is 0 Å². The third kappa shape index (κ3) is 5.17. The van der Waals surface area contributed by atoms with Crippen LogP contribution in [0.2, 0.25) is 0 Å². The van der Waals surface area contributed by atoms with Gasteiger partial charge in [0, 0.05) is 30.3 Å². The van der Waals surface area contributed by atoms with Gasteiger partial charge in [-0.15, -0.1) is 0 Å². The van der Waals surface area contributed by atoms with Gasteiger partial charge in [0.1, 0.15) is 0 Å². The average molecular weight is 453 g/mol. The monoisotopic (exact) mass is 452 g/mol. The molecule has 0 saturated heterocycles. The number of nitrogens with zero attached hydrogens (tertiary/aromatic N) is 2. The van der Waals surface area contributed by atoms with E-state index in [1.807, 2.05) is 26.0 Å². The average Bonchev–Trinajstić information content (AvgIpc) is 3.45. The highest BCUT2D eigenvalue weighted by molar-refractivity contribution is 6.06. The number of aryl methyl sites for hydroxylation is 2. The Hall–Kier alpha value is -2.97. The molecule has 0 unspecified atom stereocenters. The summed E-state index contributed by atoms with van der Waals surface area (Å²) in [5, 5.41) is 8.40. The summed E-state index contributed by atoms with van der Waals surface area (Å²) < 4.78 is 12.8. The quantitative estimate of drug-likeness (QED) is 0.484. The number of aromatic amines is 1. The molecule has 1 aromatic carbocycles. The molecule has 2 N–H and O–H groups in total. The van der Waals surface area contributed by atoms with Crippen molar-refractivity contribution < 1.29 is 14.3 Å². The van der Waals surface area contributed by atoms with E-state index in [9.17, 15) is 9.59 Å². The van der Waals surface area contributed by atoms with E-state index in [2.05, 4.69) is 26.1 Å². The number of carbonyl (C=O) groups excluding carboxylic acids is 1. The Morgan fingerprint density at radius 3 is 2.73 bits per heavy atom. The molecule has 4 rings (SSSR count). The standard InChI is InChI=1S/C25H32N4O4/c1-16-10-17(2)28-25(31)21(16)13-26-24(30)20-11-18(15-33-9-8-32-3)12-23-22(20)14-27-29(23)19-6-4-5-7-19/h10-12,14,19H,4-9,13,15H2,1-3H3,(H,26,30)(H,28,31). The molecule has 1 saturated carbocycles. The van der Waals surface area contributed by atoms with Crippen LogP contribution in [0.1, 0.15) is 64.5 Å². The van der Waals surface area contributed by atoms with Crippen LogP contribution in [-0.2, 0) is 22.6 Å². The van der Waals surface area contributed by atoms with Gasteiger partial charge in [0.05, 0.1) is 43.1 Å².